The molecule has 0 aliphatic heterocycles. The third kappa shape index (κ3) is 5.17. The molecular weight excluding hydrogens is 442 g/mol. The Morgan fingerprint density at radius 3 is 2.30 bits per heavy atom. The second-order valence-electron chi connectivity index (χ2n) is 9.47. The molecule has 2 aromatic rings. The lowest BCUT2D eigenvalue weighted by atomic mass is 9.63. The molecule has 2 aliphatic carbocycles. The summed E-state index contributed by atoms with van der Waals surface area (Å²) in [6.07, 6.45) is -0.635. The lowest BCUT2D eigenvalue weighted by molar-refractivity contribution is -0.254. The van der Waals surface area contributed by atoms with Gasteiger partial charge in [-0.2, -0.15) is 17.6 Å². The average Bonchev–Trinajstić information content (AvgIpc) is 2.79. The first kappa shape index (κ1) is 24.0. The Morgan fingerprint density at radius 2 is 1.64 bits per heavy atom. The highest BCUT2D eigenvalue weighted by atomic mass is 19.3. The topological polar surface area (TPSA) is 9.23 Å². The zero-order chi connectivity index (χ0) is 23.8. The van der Waals surface area contributed by atoms with Gasteiger partial charge in [0.15, 0.2) is 11.6 Å². The molecule has 0 aromatic heterocycles. The molecule has 0 radical (unpaired) electrons. The number of alkyl halides is 4. The van der Waals surface area contributed by atoms with Gasteiger partial charge >= 0.3 is 12.5 Å². The molecule has 2 aromatic carbocycles. The van der Waals surface area contributed by atoms with Crippen molar-refractivity contribution in [1.29, 1.82) is 0 Å². The predicted octanol–water partition coefficient (Wildman–Crippen LogP) is 8.58. The molecule has 180 valence electrons. The number of ether oxygens (including phenoxy) is 1. The van der Waals surface area contributed by atoms with Gasteiger partial charge in [0.2, 0.25) is 0 Å². The van der Waals surface area contributed by atoms with Crippen LogP contribution in [0.1, 0.15) is 63.4 Å². The van der Waals surface area contributed by atoms with Crippen LogP contribution in [0.15, 0.2) is 36.4 Å². The molecule has 4 rings (SSSR count). The van der Waals surface area contributed by atoms with E-state index in [0.717, 1.165) is 48.8 Å². The Bertz CT molecular complexity index is 975. The lowest BCUT2D eigenvalue weighted by Crippen LogP contribution is -2.33. The van der Waals surface area contributed by atoms with Crippen molar-refractivity contribution in [3.05, 3.63) is 53.6 Å². The molecule has 0 N–H and O–H groups in total. The maximum absolute atomic E-state index is 15.0. The Kier molecular flexibility index (Phi) is 6.96. The number of rotatable bonds is 6. The van der Waals surface area contributed by atoms with Gasteiger partial charge in [0.05, 0.1) is 0 Å². The van der Waals surface area contributed by atoms with Crippen molar-refractivity contribution < 1.29 is 31.1 Å². The molecule has 7 heteroatoms. The van der Waals surface area contributed by atoms with Gasteiger partial charge in [-0.25, -0.2) is 8.78 Å². The maximum Gasteiger partial charge on any atom is 0.461 e. The summed E-state index contributed by atoms with van der Waals surface area (Å²) in [7, 11) is 0. The van der Waals surface area contributed by atoms with Crippen LogP contribution in [0.3, 0.4) is 0 Å². The van der Waals surface area contributed by atoms with Crippen molar-refractivity contribution in [1.82, 2.24) is 0 Å². The van der Waals surface area contributed by atoms with Crippen molar-refractivity contribution in [2.75, 3.05) is 0 Å². The van der Waals surface area contributed by atoms with Crippen LogP contribution < -0.4 is 4.74 Å². The van der Waals surface area contributed by atoms with E-state index < -0.39 is 29.9 Å². The first-order valence-electron chi connectivity index (χ1n) is 11.6. The minimum atomic E-state index is -4.82. The Balaban J connectivity index is 1.48. The highest BCUT2D eigenvalue weighted by Gasteiger charge is 2.44. The van der Waals surface area contributed by atoms with E-state index in [4.69, 9.17) is 0 Å². The van der Waals surface area contributed by atoms with Gasteiger partial charge < -0.3 is 4.74 Å². The Morgan fingerprint density at radius 1 is 0.909 bits per heavy atom. The van der Waals surface area contributed by atoms with Crippen LogP contribution in [0.5, 0.6) is 5.75 Å². The number of fused-ring (bicyclic) bond motifs is 1. The minimum Gasteiger partial charge on any atom is -0.425 e. The summed E-state index contributed by atoms with van der Waals surface area (Å²) in [5.41, 5.74) is 1.15. The van der Waals surface area contributed by atoms with Crippen LogP contribution in [0.2, 0.25) is 0 Å². The quantitative estimate of drug-likeness (QED) is 0.384. The summed E-state index contributed by atoms with van der Waals surface area (Å²) in [6, 6.07) is 7.68. The molecule has 2 aliphatic rings. The molecule has 2 fully saturated rings. The van der Waals surface area contributed by atoms with E-state index in [-0.39, 0.29) is 17.0 Å². The molecule has 4 unspecified atom stereocenters. The van der Waals surface area contributed by atoms with Crippen LogP contribution in [-0.4, -0.2) is 12.5 Å². The smallest absolute Gasteiger partial charge is 0.425 e. The fourth-order valence-electron chi connectivity index (χ4n) is 5.62. The molecule has 2 saturated carbocycles. The van der Waals surface area contributed by atoms with Crippen LogP contribution in [0.25, 0.3) is 11.1 Å². The number of halogens is 6. The monoisotopic (exact) mass is 470 g/mol. The van der Waals surface area contributed by atoms with Crippen molar-refractivity contribution in [2.24, 2.45) is 17.8 Å². The first-order valence-corrected chi connectivity index (χ1v) is 11.6. The summed E-state index contributed by atoms with van der Waals surface area (Å²) in [4.78, 5) is 0. The molecule has 0 heterocycles. The number of hydrogen-bond acceptors (Lipinski definition) is 1. The Hall–Kier alpha value is -2.18. The van der Waals surface area contributed by atoms with Gasteiger partial charge in [-0.1, -0.05) is 38.0 Å². The van der Waals surface area contributed by atoms with Crippen LogP contribution in [0, 0.1) is 29.4 Å². The van der Waals surface area contributed by atoms with Crippen molar-refractivity contribution >= 4 is 0 Å². The van der Waals surface area contributed by atoms with E-state index >= 15 is 0 Å². The second kappa shape index (κ2) is 9.59. The predicted molar refractivity (Wildman–Crippen MR) is 115 cm³/mol. The van der Waals surface area contributed by atoms with E-state index in [1.807, 2.05) is 6.07 Å². The largest absolute Gasteiger partial charge is 0.461 e. The van der Waals surface area contributed by atoms with Crippen LogP contribution in [0.4, 0.5) is 26.3 Å². The summed E-state index contributed by atoms with van der Waals surface area (Å²) in [5.74, 6) is -0.244. The Labute approximate surface area is 190 Å². The van der Waals surface area contributed by atoms with E-state index in [0.29, 0.717) is 5.92 Å². The van der Waals surface area contributed by atoms with Gasteiger partial charge in [0.1, 0.15) is 5.82 Å². The standard InChI is InChI=1S/C26H28F6O/c1-2-15-3-4-17-12-18(6-5-16(17)11-15)19-7-9-21(22(27)13-19)20-8-10-24(23(28)14-20)33-26(31,32)25(29)30/h7-10,13-18,25H,2-6,11-12H2,1H3. The summed E-state index contributed by atoms with van der Waals surface area (Å²) >= 11 is 0. The zero-order valence-electron chi connectivity index (χ0n) is 18.5. The molecular formula is C26H28F6O. The van der Waals surface area contributed by atoms with Gasteiger partial charge in [0, 0.05) is 5.56 Å². The number of hydrogen-bond donors (Lipinski definition) is 0. The molecule has 33 heavy (non-hydrogen) atoms. The highest BCUT2D eigenvalue weighted by Crippen LogP contribution is 2.48. The van der Waals surface area contributed by atoms with E-state index in [9.17, 15) is 26.3 Å². The van der Waals surface area contributed by atoms with Crippen molar-refractivity contribution in [3.8, 4) is 16.9 Å². The third-order valence-corrected chi connectivity index (χ3v) is 7.51. The van der Waals surface area contributed by atoms with Gasteiger partial charge in [0.25, 0.3) is 0 Å². The summed E-state index contributed by atoms with van der Waals surface area (Å²) in [5, 5.41) is 0. The molecule has 1 nitrogen and oxygen atoms in total. The number of benzene rings is 2. The molecule has 0 spiro atoms. The fraction of sp³-hybridized carbons (Fsp3) is 0.538. The molecule has 4 atom stereocenters. The van der Waals surface area contributed by atoms with Gasteiger partial charge in [-0.3, -0.25) is 0 Å². The lowest BCUT2D eigenvalue weighted by Gasteiger charge is -2.42. The van der Waals surface area contributed by atoms with Crippen molar-refractivity contribution in [2.45, 2.75) is 70.3 Å². The van der Waals surface area contributed by atoms with Crippen LogP contribution in [-0.2, 0) is 0 Å². The minimum absolute atomic E-state index is 0.113. The molecule has 0 amide bonds. The van der Waals surface area contributed by atoms with Gasteiger partial charge in [-0.05, 0) is 85.1 Å². The maximum atomic E-state index is 15.0. The van der Waals surface area contributed by atoms with E-state index in [1.165, 1.54) is 37.8 Å². The highest BCUT2D eigenvalue weighted by molar-refractivity contribution is 5.65. The normalized spacial score (nSPS) is 25.7. The van der Waals surface area contributed by atoms with E-state index in [2.05, 4.69) is 11.7 Å². The van der Waals surface area contributed by atoms with E-state index in [1.54, 1.807) is 6.07 Å². The fourth-order valence-corrected chi connectivity index (χ4v) is 5.62. The van der Waals surface area contributed by atoms with Crippen molar-refractivity contribution in [3.63, 3.8) is 0 Å². The van der Waals surface area contributed by atoms with Gasteiger partial charge in [-0.15, -0.1) is 0 Å². The average molecular weight is 470 g/mol. The zero-order valence-corrected chi connectivity index (χ0v) is 18.5. The molecule has 0 bridgehead atoms. The van der Waals surface area contributed by atoms with Crippen LogP contribution >= 0.6 is 0 Å². The molecule has 0 saturated heterocycles. The summed E-state index contributed by atoms with van der Waals surface area (Å²) in [6.45, 7) is 2.26. The third-order valence-electron chi connectivity index (χ3n) is 7.51. The first-order chi connectivity index (χ1) is 15.7. The summed E-state index contributed by atoms with van der Waals surface area (Å²) < 4.78 is 83.7. The SMILES string of the molecule is CCC1CCC2CC(c3ccc(-c4ccc(OC(F)(F)C(F)F)c(F)c4)c(F)c3)CCC2C1. The second-order valence-corrected chi connectivity index (χ2v) is 9.47.